The minimum atomic E-state index is -0.204. The molecule has 3 heteroatoms. The van der Waals surface area contributed by atoms with Gasteiger partial charge in [-0.3, -0.25) is 0 Å². The van der Waals surface area contributed by atoms with Gasteiger partial charge in [0, 0.05) is 16.5 Å². The van der Waals surface area contributed by atoms with Crippen LogP contribution in [-0.4, -0.2) is 34.3 Å². The van der Waals surface area contributed by atoms with Gasteiger partial charge in [-0.05, 0) is 38.6 Å². The quantitative estimate of drug-likeness (QED) is 0.781. The van der Waals surface area contributed by atoms with Crippen LogP contribution in [0.2, 0.25) is 0 Å². The van der Waals surface area contributed by atoms with E-state index < -0.39 is 0 Å². The Morgan fingerprint density at radius 3 is 2.62 bits per heavy atom. The second-order valence-electron chi connectivity index (χ2n) is 5.20. The molecule has 0 saturated heterocycles. The molecule has 0 radical (unpaired) electrons. The number of hydrogen-bond donors (Lipinski definition) is 2. The van der Waals surface area contributed by atoms with E-state index in [4.69, 9.17) is 0 Å². The van der Waals surface area contributed by atoms with Gasteiger partial charge in [-0.25, -0.2) is 0 Å². The summed E-state index contributed by atoms with van der Waals surface area (Å²) in [6.45, 7) is 9.61. The lowest BCUT2D eigenvalue weighted by Crippen LogP contribution is -2.43. The first kappa shape index (κ1) is 14.3. The SMILES string of the molecule is CCNC1CCC(C)CC1SC(C)C(C)O. The first-order valence-corrected chi connectivity index (χ1v) is 7.55. The normalized spacial score (nSPS) is 34.7. The predicted molar refractivity (Wildman–Crippen MR) is 73.0 cm³/mol. The van der Waals surface area contributed by atoms with Crippen LogP contribution >= 0.6 is 11.8 Å². The predicted octanol–water partition coefficient (Wildman–Crippen LogP) is 2.66. The van der Waals surface area contributed by atoms with Crippen molar-refractivity contribution in [2.75, 3.05) is 6.54 Å². The summed E-state index contributed by atoms with van der Waals surface area (Å²) in [4.78, 5) is 0. The van der Waals surface area contributed by atoms with E-state index in [0.717, 1.165) is 12.5 Å². The largest absolute Gasteiger partial charge is 0.392 e. The third-order valence-corrected chi connectivity index (χ3v) is 5.28. The zero-order valence-corrected chi connectivity index (χ0v) is 11.9. The Labute approximate surface area is 105 Å². The molecule has 0 aromatic carbocycles. The van der Waals surface area contributed by atoms with Gasteiger partial charge in [0.25, 0.3) is 0 Å². The maximum atomic E-state index is 9.59. The fourth-order valence-electron chi connectivity index (χ4n) is 2.36. The molecule has 0 amide bonds. The van der Waals surface area contributed by atoms with Crippen molar-refractivity contribution in [3.8, 4) is 0 Å². The molecule has 5 atom stereocenters. The molecule has 1 rings (SSSR count). The third kappa shape index (κ3) is 4.27. The number of aliphatic hydroxyl groups is 1. The Morgan fingerprint density at radius 1 is 1.38 bits per heavy atom. The molecule has 0 spiro atoms. The van der Waals surface area contributed by atoms with Crippen molar-refractivity contribution >= 4 is 11.8 Å². The standard InChI is InChI=1S/C13H27NOS/c1-5-14-12-7-6-9(2)8-13(12)16-11(4)10(3)15/h9-15H,5-8H2,1-4H3. The Kier molecular flexibility index (Phi) is 6.16. The van der Waals surface area contributed by atoms with E-state index in [1.54, 1.807) is 0 Å². The molecule has 0 bridgehead atoms. The van der Waals surface area contributed by atoms with Crippen LogP contribution in [0.4, 0.5) is 0 Å². The van der Waals surface area contributed by atoms with Crippen LogP contribution in [0.3, 0.4) is 0 Å². The fraction of sp³-hybridized carbons (Fsp3) is 1.00. The molecular formula is C13H27NOS. The van der Waals surface area contributed by atoms with Gasteiger partial charge in [-0.15, -0.1) is 0 Å². The van der Waals surface area contributed by atoms with E-state index >= 15 is 0 Å². The van der Waals surface area contributed by atoms with Crippen molar-refractivity contribution in [3.63, 3.8) is 0 Å². The van der Waals surface area contributed by atoms with E-state index in [2.05, 4.69) is 26.1 Å². The monoisotopic (exact) mass is 245 g/mol. The maximum Gasteiger partial charge on any atom is 0.0628 e. The Hall–Kier alpha value is 0.270. The number of nitrogens with one attached hydrogen (secondary N) is 1. The van der Waals surface area contributed by atoms with Gasteiger partial charge in [0.2, 0.25) is 0 Å². The van der Waals surface area contributed by atoms with Gasteiger partial charge < -0.3 is 10.4 Å². The van der Waals surface area contributed by atoms with E-state index in [9.17, 15) is 5.11 Å². The number of hydrogen-bond acceptors (Lipinski definition) is 3. The summed E-state index contributed by atoms with van der Waals surface area (Å²) in [5.74, 6) is 0.841. The molecule has 1 fully saturated rings. The van der Waals surface area contributed by atoms with Crippen LogP contribution in [-0.2, 0) is 0 Å². The molecule has 1 aliphatic carbocycles. The minimum absolute atomic E-state index is 0.204. The zero-order valence-electron chi connectivity index (χ0n) is 11.1. The lowest BCUT2D eigenvalue weighted by atomic mass is 9.87. The van der Waals surface area contributed by atoms with Crippen LogP contribution < -0.4 is 5.32 Å². The smallest absolute Gasteiger partial charge is 0.0628 e. The average molecular weight is 245 g/mol. The van der Waals surface area contributed by atoms with Crippen molar-refractivity contribution < 1.29 is 5.11 Å². The Balaban J connectivity index is 2.50. The van der Waals surface area contributed by atoms with E-state index in [1.807, 2.05) is 18.7 Å². The summed E-state index contributed by atoms with van der Waals surface area (Å²) in [5.41, 5.74) is 0. The number of rotatable bonds is 5. The lowest BCUT2D eigenvalue weighted by molar-refractivity contribution is 0.195. The van der Waals surface area contributed by atoms with E-state index in [1.165, 1.54) is 19.3 Å². The van der Waals surface area contributed by atoms with E-state index in [-0.39, 0.29) is 6.10 Å². The van der Waals surface area contributed by atoms with E-state index in [0.29, 0.717) is 16.5 Å². The molecule has 2 nitrogen and oxygen atoms in total. The van der Waals surface area contributed by atoms with Crippen LogP contribution in [0.5, 0.6) is 0 Å². The van der Waals surface area contributed by atoms with Crippen LogP contribution in [0.1, 0.15) is 47.0 Å². The topological polar surface area (TPSA) is 32.3 Å². The summed E-state index contributed by atoms with van der Waals surface area (Å²) in [6, 6.07) is 0.646. The van der Waals surface area contributed by atoms with Crippen molar-refractivity contribution in [3.05, 3.63) is 0 Å². The van der Waals surface area contributed by atoms with Gasteiger partial charge in [0.05, 0.1) is 6.10 Å². The van der Waals surface area contributed by atoms with Gasteiger partial charge in [0.1, 0.15) is 0 Å². The average Bonchev–Trinajstić information content (AvgIpc) is 2.22. The third-order valence-electron chi connectivity index (χ3n) is 3.59. The van der Waals surface area contributed by atoms with Gasteiger partial charge in [0.15, 0.2) is 0 Å². The maximum absolute atomic E-state index is 9.59. The minimum Gasteiger partial charge on any atom is -0.392 e. The highest BCUT2D eigenvalue weighted by Gasteiger charge is 2.30. The number of thioether (sulfide) groups is 1. The highest BCUT2D eigenvalue weighted by atomic mass is 32.2. The van der Waals surface area contributed by atoms with Gasteiger partial charge >= 0.3 is 0 Å². The molecule has 96 valence electrons. The van der Waals surface area contributed by atoms with Gasteiger partial charge in [-0.1, -0.05) is 20.8 Å². The Bertz CT molecular complexity index is 198. The first-order chi connectivity index (χ1) is 7.54. The molecule has 16 heavy (non-hydrogen) atoms. The Morgan fingerprint density at radius 2 is 2.06 bits per heavy atom. The summed E-state index contributed by atoms with van der Waals surface area (Å²) < 4.78 is 0. The lowest BCUT2D eigenvalue weighted by Gasteiger charge is -2.36. The second-order valence-corrected chi connectivity index (χ2v) is 6.82. The molecule has 1 aliphatic rings. The summed E-state index contributed by atoms with van der Waals surface area (Å²) in [5, 5.41) is 14.2. The first-order valence-electron chi connectivity index (χ1n) is 6.61. The molecule has 0 aliphatic heterocycles. The summed E-state index contributed by atoms with van der Waals surface area (Å²) >= 11 is 1.97. The highest BCUT2D eigenvalue weighted by Crippen LogP contribution is 2.35. The fourth-order valence-corrected chi connectivity index (χ4v) is 4.00. The zero-order chi connectivity index (χ0) is 12.1. The second kappa shape index (κ2) is 6.87. The molecule has 0 aromatic heterocycles. The molecule has 0 aromatic rings. The summed E-state index contributed by atoms with van der Waals surface area (Å²) in [6.07, 6.45) is 3.72. The molecule has 0 heterocycles. The van der Waals surface area contributed by atoms with Crippen molar-refractivity contribution in [1.82, 2.24) is 5.32 Å². The number of aliphatic hydroxyl groups excluding tert-OH is 1. The van der Waals surface area contributed by atoms with Crippen molar-refractivity contribution in [1.29, 1.82) is 0 Å². The highest BCUT2D eigenvalue weighted by molar-refractivity contribution is 8.00. The van der Waals surface area contributed by atoms with Crippen LogP contribution in [0.15, 0.2) is 0 Å². The molecular weight excluding hydrogens is 218 g/mol. The van der Waals surface area contributed by atoms with Crippen LogP contribution in [0.25, 0.3) is 0 Å². The van der Waals surface area contributed by atoms with Crippen LogP contribution in [0, 0.1) is 5.92 Å². The van der Waals surface area contributed by atoms with Crippen molar-refractivity contribution in [2.45, 2.75) is 69.6 Å². The van der Waals surface area contributed by atoms with Gasteiger partial charge in [-0.2, -0.15) is 11.8 Å². The van der Waals surface area contributed by atoms with Crippen molar-refractivity contribution in [2.24, 2.45) is 5.92 Å². The molecule has 1 saturated carbocycles. The molecule has 5 unspecified atom stereocenters. The molecule has 2 N–H and O–H groups in total. The summed E-state index contributed by atoms with van der Waals surface area (Å²) in [7, 11) is 0.